The molecule has 0 fully saturated rings. The number of rotatable bonds is 6. The first-order chi connectivity index (χ1) is 11.3. The van der Waals surface area contributed by atoms with E-state index in [-0.39, 0.29) is 16.8 Å². The zero-order valence-corrected chi connectivity index (χ0v) is 17.2. The van der Waals surface area contributed by atoms with Crippen molar-refractivity contribution in [2.75, 3.05) is 27.2 Å². The molecule has 0 unspecified atom stereocenters. The lowest BCUT2D eigenvalue weighted by Gasteiger charge is -2.28. The van der Waals surface area contributed by atoms with Gasteiger partial charge < -0.3 is 14.7 Å². The topological polar surface area (TPSA) is 49.8 Å². The lowest BCUT2D eigenvalue weighted by molar-refractivity contribution is -0.143. The molecule has 25 heavy (non-hydrogen) atoms. The second kappa shape index (κ2) is 8.22. The van der Waals surface area contributed by atoms with Gasteiger partial charge in [-0.1, -0.05) is 53.7 Å². The first-order valence-corrected chi connectivity index (χ1v) is 8.99. The Morgan fingerprint density at radius 1 is 1.04 bits per heavy atom. The van der Waals surface area contributed by atoms with Crippen LogP contribution in [0.15, 0.2) is 12.1 Å². The minimum Gasteiger partial charge on any atom is -0.507 e. The third-order valence-corrected chi connectivity index (χ3v) is 4.21. The van der Waals surface area contributed by atoms with Gasteiger partial charge in [0.1, 0.15) is 12.4 Å². The standard InChI is InChI=1S/C21H35NO3/c1-20(2,3)16-13-15(14-17(19(16)24)21(4,5)6)9-10-18(23)25-12-11-22(7)8/h13-14,24H,9-12H2,1-8H3. The highest BCUT2D eigenvalue weighted by Crippen LogP contribution is 2.39. The maximum Gasteiger partial charge on any atom is 0.306 e. The molecule has 0 radical (unpaired) electrons. The molecular formula is C21H35NO3. The summed E-state index contributed by atoms with van der Waals surface area (Å²) in [5.41, 5.74) is 2.60. The Kier molecular flexibility index (Phi) is 7.07. The van der Waals surface area contributed by atoms with E-state index >= 15 is 0 Å². The molecule has 1 aromatic carbocycles. The summed E-state index contributed by atoms with van der Waals surface area (Å²) < 4.78 is 5.26. The van der Waals surface area contributed by atoms with Gasteiger partial charge in [-0.05, 0) is 48.0 Å². The largest absolute Gasteiger partial charge is 0.507 e. The van der Waals surface area contributed by atoms with Gasteiger partial charge in [0.15, 0.2) is 0 Å². The Bertz CT molecular complexity index is 557. The Hall–Kier alpha value is -1.55. The molecule has 1 rings (SSSR count). The molecule has 0 aliphatic heterocycles. The van der Waals surface area contributed by atoms with Crippen LogP contribution in [0.5, 0.6) is 5.75 Å². The summed E-state index contributed by atoms with van der Waals surface area (Å²) >= 11 is 0. The number of esters is 1. The predicted octanol–water partition coefficient (Wildman–Crippen LogP) is 4.02. The molecule has 0 spiro atoms. The van der Waals surface area contributed by atoms with E-state index < -0.39 is 0 Å². The van der Waals surface area contributed by atoms with Gasteiger partial charge in [0.05, 0.1) is 0 Å². The fourth-order valence-corrected chi connectivity index (χ4v) is 2.64. The SMILES string of the molecule is CN(C)CCOC(=O)CCc1cc(C(C)(C)C)c(O)c(C(C)(C)C)c1. The van der Waals surface area contributed by atoms with E-state index in [9.17, 15) is 9.90 Å². The number of aryl methyl sites for hydroxylation is 1. The lowest BCUT2D eigenvalue weighted by atomic mass is 9.78. The van der Waals surface area contributed by atoms with Gasteiger partial charge in [-0.25, -0.2) is 0 Å². The quantitative estimate of drug-likeness (QED) is 0.788. The van der Waals surface area contributed by atoms with Crippen LogP contribution in [0.3, 0.4) is 0 Å². The van der Waals surface area contributed by atoms with E-state index in [0.29, 0.717) is 25.2 Å². The highest BCUT2D eigenvalue weighted by molar-refractivity contribution is 5.69. The van der Waals surface area contributed by atoms with Gasteiger partial charge in [0.25, 0.3) is 0 Å². The van der Waals surface area contributed by atoms with Gasteiger partial charge in [-0.2, -0.15) is 0 Å². The number of carbonyl (C=O) groups is 1. The number of ether oxygens (including phenoxy) is 1. The fraction of sp³-hybridized carbons (Fsp3) is 0.667. The Morgan fingerprint density at radius 2 is 1.52 bits per heavy atom. The molecule has 0 aliphatic carbocycles. The number of aromatic hydroxyl groups is 1. The number of hydrogen-bond donors (Lipinski definition) is 1. The first kappa shape index (κ1) is 21.5. The number of hydrogen-bond acceptors (Lipinski definition) is 4. The normalized spacial score (nSPS) is 12.5. The molecule has 1 N–H and O–H groups in total. The molecule has 142 valence electrons. The van der Waals surface area contributed by atoms with Crippen molar-refractivity contribution >= 4 is 5.97 Å². The molecule has 0 aliphatic rings. The van der Waals surface area contributed by atoms with Crippen LogP contribution in [-0.2, 0) is 26.8 Å². The molecule has 1 aromatic rings. The van der Waals surface area contributed by atoms with Crippen LogP contribution in [0.4, 0.5) is 0 Å². The van der Waals surface area contributed by atoms with Gasteiger partial charge >= 0.3 is 5.97 Å². The minimum atomic E-state index is -0.176. The summed E-state index contributed by atoms with van der Waals surface area (Å²) in [6, 6.07) is 4.05. The third-order valence-electron chi connectivity index (χ3n) is 4.21. The van der Waals surface area contributed by atoms with Crippen LogP contribution in [0.1, 0.15) is 64.7 Å². The van der Waals surface area contributed by atoms with E-state index in [0.717, 1.165) is 23.2 Å². The molecule has 0 heterocycles. The van der Waals surface area contributed by atoms with Crippen LogP contribution < -0.4 is 0 Å². The van der Waals surface area contributed by atoms with E-state index in [2.05, 4.69) is 41.5 Å². The van der Waals surface area contributed by atoms with Crippen LogP contribution in [0.25, 0.3) is 0 Å². The van der Waals surface area contributed by atoms with Crippen molar-refractivity contribution < 1.29 is 14.6 Å². The van der Waals surface area contributed by atoms with E-state index in [4.69, 9.17) is 4.74 Å². The highest BCUT2D eigenvalue weighted by Gasteiger charge is 2.26. The average Bonchev–Trinajstić information content (AvgIpc) is 2.43. The summed E-state index contributed by atoms with van der Waals surface area (Å²) in [5.74, 6) is 0.196. The van der Waals surface area contributed by atoms with Crippen LogP contribution >= 0.6 is 0 Å². The second-order valence-corrected chi connectivity index (χ2v) is 9.06. The van der Waals surface area contributed by atoms with Gasteiger partial charge in [0, 0.05) is 13.0 Å². The summed E-state index contributed by atoms with van der Waals surface area (Å²) in [6.07, 6.45) is 0.971. The molecule has 0 saturated heterocycles. The van der Waals surface area contributed by atoms with E-state index in [1.807, 2.05) is 31.1 Å². The fourth-order valence-electron chi connectivity index (χ4n) is 2.64. The minimum absolute atomic E-state index is 0.160. The van der Waals surface area contributed by atoms with Crippen LogP contribution in [-0.4, -0.2) is 43.2 Å². The van der Waals surface area contributed by atoms with Crippen LogP contribution in [0, 0.1) is 0 Å². The number of benzene rings is 1. The van der Waals surface area contributed by atoms with Crippen molar-refractivity contribution in [3.63, 3.8) is 0 Å². The Labute approximate surface area is 153 Å². The van der Waals surface area contributed by atoms with Crippen molar-refractivity contribution in [1.82, 2.24) is 4.90 Å². The summed E-state index contributed by atoms with van der Waals surface area (Å²) in [5, 5.41) is 10.7. The van der Waals surface area contributed by atoms with E-state index in [1.165, 1.54) is 0 Å². The molecule has 4 nitrogen and oxygen atoms in total. The van der Waals surface area contributed by atoms with Gasteiger partial charge in [-0.3, -0.25) is 4.79 Å². The maximum atomic E-state index is 11.9. The summed E-state index contributed by atoms with van der Waals surface area (Å²) in [4.78, 5) is 13.9. The summed E-state index contributed by atoms with van der Waals surface area (Å²) in [6.45, 7) is 13.7. The van der Waals surface area contributed by atoms with Gasteiger partial charge in [-0.15, -0.1) is 0 Å². The Morgan fingerprint density at radius 3 is 1.92 bits per heavy atom. The molecular weight excluding hydrogens is 314 g/mol. The predicted molar refractivity (Wildman–Crippen MR) is 103 cm³/mol. The zero-order valence-electron chi connectivity index (χ0n) is 17.2. The van der Waals surface area contributed by atoms with Crippen LogP contribution in [0.2, 0.25) is 0 Å². The number of phenolic OH excluding ortho intramolecular Hbond substituents is 1. The number of carbonyl (C=O) groups excluding carboxylic acids is 1. The third kappa shape index (κ3) is 6.69. The summed E-state index contributed by atoms with van der Waals surface area (Å²) in [7, 11) is 3.90. The molecule has 0 saturated carbocycles. The molecule has 0 aromatic heterocycles. The molecule has 0 amide bonds. The number of nitrogens with zero attached hydrogens (tertiary/aromatic N) is 1. The van der Waals surface area contributed by atoms with Crippen molar-refractivity contribution in [3.05, 3.63) is 28.8 Å². The average molecular weight is 350 g/mol. The van der Waals surface area contributed by atoms with Crippen molar-refractivity contribution in [1.29, 1.82) is 0 Å². The lowest BCUT2D eigenvalue weighted by Crippen LogP contribution is -2.20. The first-order valence-electron chi connectivity index (χ1n) is 8.99. The smallest absolute Gasteiger partial charge is 0.306 e. The second-order valence-electron chi connectivity index (χ2n) is 9.06. The zero-order chi connectivity index (χ0) is 19.4. The molecule has 0 atom stereocenters. The molecule has 4 heteroatoms. The maximum absolute atomic E-state index is 11.9. The molecule has 0 bridgehead atoms. The Balaban J connectivity index is 2.95. The van der Waals surface area contributed by atoms with E-state index in [1.54, 1.807) is 0 Å². The number of phenols is 1. The van der Waals surface area contributed by atoms with Gasteiger partial charge in [0.2, 0.25) is 0 Å². The monoisotopic (exact) mass is 349 g/mol. The van der Waals surface area contributed by atoms with Crippen molar-refractivity contribution in [2.24, 2.45) is 0 Å². The number of likely N-dealkylation sites (N-methyl/N-ethyl adjacent to an activating group) is 1. The van der Waals surface area contributed by atoms with Crippen molar-refractivity contribution in [3.8, 4) is 5.75 Å². The van der Waals surface area contributed by atoms with Crippen molar-refractivity contribution in [2.45, 2.75) is 65.2 Å². The highest BCUT2D eigenvalue weighted by atomic mass is 16.5.